The van der Waals surface area contributed by atoms with Crippen LogP contribution in [-0.4, -0.2) is 9.55 Å². The topological polar surface area (TPSA) is 33.5 Å². The van der Waals surface area contributed by atoms with E-state index in [-0.39, 0.29) is 37.3 Å². The van der Waals surface area contributed by atoms with Crippen LogP contribution in [0.25, 0.3) is 38.8 Å². The van der Waals surface area contributed by atoms with E-state index in [1.165, 1.54) is 22.3 Å². The van der Waals surface area contributed by atoms with Crippen LogP contribution in [0.4, 0.5) is 11.4 Å². The Hall–Kier alpha value is -5.90. The van der Waals surface area contributed by atoms with Crippen LogP contribution < -0.4 is 14.5 Å². The number of ether oxygens (including phenoxy) is 1. The number of hydrogen-bond donors (Lipinski definition) is 0. The minimum atomic E-state index is -0.326. The Labute approximate surface area is 375 Å². The number of fused-ring (bicyclic) bond motifs is 3. The van der Waals surface area contributed by atoms with E-state index >= 15 is 0 Å². The summed E-state index contributed by atoms with van der Waals surface area (Å²) in [4.78, 5) is 9.21. The summed E-state index contributed by atoms with van der Waals surface area (Å²) >= 11 is 0. The monoisotopic (exact) mass is 978 g/mol. The molecule has 0 amide bonds. The SMILES string of the molecule is CC(C)(C)c1cccc(N2C=CN(c3[c-]c(Oc4[c-]c5c(cc4)c4cc(-c6ccccc6)ccc4n5-c4cc(C(C)(C)C)ccn4)cc(C(C)(C)c4ccccc4)c3)[CH-]2)c1.[Pt]. The van der Waals surface area contributed by atoms with E-state index in [1.54, 1.807) is 0 Å². The molecule has 61 heavy (non-hydrogen) atoms. The van der Waals surface area contributed by atoms with Crippen molar-refractivity contribution in [1.82, 2.24) is 9.55 Å². The van der Waals surface area contributed by atoms with Crippen LogP contribution in [-0.2, 0) is 37.3 Å². The summed E-state index contributed by atoms with van der Waals surface area (Å²) in [6.07, 6.45) is 6.09. The molecular weight excluding hydrogens is 928 g/mol. The summed E-state index contributed by atoms with van der Waals surface area (Å²) < 4.78 is 9.08. The van der Waals surface area contributed by atoms with Gasteiger partial charge in [-0.25, -0.2) is 4.98 Å². The molecule has 0 saturated carbocycles. The van der Waals surface area contributed by atoms with Gasteiger partial charge in [0.15, 0.2) is 0 Å². The predicted molar refractivity (Wildman–Crippen MR) is 249 cm³/mol. The first-order chi connectivity index (χ1) is 28.7. The van der Waals surface area contributed by atoms with Gasteiger partial charge in [0.2, 0.25) is 0 Å². The average Bonchev–Trinajstić information content (AvgIpc) is 3.87. The van der Waals surface area contributed by atoms with E-state index in [4.69, 9.17) is 9.72 Å². The zero-order valence-corrected chi connectivity index (χ0v) is 38.4. The maximum Gasteiger partial charge on any atom is 0.135 e. The van der Waals surface area contributed by atoms with Gasteiger partial charge in [-0.2, -0.15) is 6.07 Å². The second kappa shape index (κ2) is 16.2. The summed E-state index contributed by atoms with van der Waals surface area (Å²) in [6.45, 7) is 20.1. The molecule has 6 aromatic carbocycles. The molecular formula is C55H51N4OPt-3. The van der Waals surface area contributed by atoms with Crippen LogP contribution in [0.5, 0.6) is 11.5 Å². The molecule has 0 atom stereocenters. The van der Waals surface area contributed by atoms with Gasteiger partial charge in [-0.1, -0.05) is 146 Å². The van der Waals surface area contributed by atoms with E-state index < -0.39 is 0 Å². The molecule has 8 aromatic rings. The summed E-state index contributed by atoms with van der Waals surface area (Å²) in [5, 5.41) is 2.21. The van der Waals surface area contributed by atoms with E-state index in [2.05, 4.69) is 234 Å². The molecule has 0 unspecified atom stereocenters. The number of pyridine rings is 1. The Bertz CT molecular complexity index is 2880. The van der Waals surface area contributed by atoms with Gasteiger partial charge in [0, 0.05) is 50.0 Å². The summed E-state index contributed by atoms with van der Waals surface area (Å²) in [5.41, 5.74) is 10.8. The fourth-order valence-electron chi connectivity index (χ4n) is 8.05. The van der Waals surface area contributed by atoms with Crippen molar-refractivity contribution in [3.05, 3.63) is 199 Å². The zero-order chi connectivity index (χ0) is 41.8. The van der Waals surface area contributed by atoms with Crippen LogP contribution in [0.3, 0.4) is 0 Å². The number of rotatable bonds is 8. The summed E-state index contributed by atoms with van der Waals surface area (Å²) in [6, 6.07) is 56.8. The van der Waals surface area contributed by atoms with Crippen molar-refractivity contribution in [2.75, 3.05) is 9.80 Å². The van der Waals surface area contributed by atoms with Crippen LogP contribution in [0.1, 0.15) is 77.6 Å². The zero-order valence-electron chi connectivity index (χ0n) is 36.1. The first kappa shape index (κ1) is 41.8. The van der Waals surface area contributed by atoms with Gasteiger partial charge in [-0.05, 0) is 92.2 Å². The van der Waals surface area contributed by atoms with Gasteiger partial charge >= 0.3 is 0 Å². The largest absolute Gasteiger partial charge is 0.509 e. The minimum absolute atomic E-state index is 0. The second-order valence-corrected chi connectivity index (χ2v) is 18.4. The van der Waals surface area contributed by atoms with E-state index in [1.807, 2.05) is 12.3 Å². The van der Waals surface area contributed by atoms with Crippen molar-refractivity contribution in [3.8, 4) is 28.4 Å². The number of benzene rings is 6. The van der Waals surface area contributed by atoms with Gasteiger partial charge in [0.25, 0.3) is 0 Å². The Morgan fingerprint density at radius 1 is 0.541 bits per heavy atom. The first-order valence-electron chi connectivity index (χ1n) is 20.8. The molecule has 6 heteroatoms. The van der Waals surface area contributed by atoms with Crippen molar-refractivity contribution in [2.24, 2.45) is 0 Å². The Morgan fingerprint density at radius 3 is 1.97 bits per heavy atom. The Kier molecular flexibility index (Phi) is 11.1. The molecule has 0 saturated heterocycles. The molecule has 0 aliphatic carbocycles. The van der Waals surface area contributed by atoms with Crippen molar-refractivity contribution in [3.63, 3.8) is 0 Å². The maximum atomic E-state index is 6.86. The fraction of sp³-hybridized carbons (Fsp3) is 0.200. The normalized spacial score (nSPS) is 13.2. The third-order valence-corrected chi connectivity index (χ3v) is 11.8. The van der Waals surface area contributed by atoms with Crippen molar-refractivity contribution in [2.45, 2.75) is 71.6 Å². The summed E-state index contributed by atoms with van der Waals surface area (Å²) in [7, 11) is 0. The molecule has 0 fully saturated rings. The Morgan fingerprint density at radius 2 is 1.23 bits per heavy atom. The predicted octanol–water partition coefficient (Wildman–Crippen LogP) is 14.1. The fourth-order valence-corrected chi connectivity index (χ4v) is 8.05. The van der Waals surface area contributed by atoms with E-state index in [0.29, 0.717) is 11.5 Å². The third-order valence-electron chi connectivity index (χ3n) is 11.8. The Balaban J connectivity index is 0.00000514. The van der Waals surface area contributed by atoms with Gasteiger partial charge in [0.05, 0.1) is 0 Å². The number of nitrogens with zero attached hydrogens (tertiary/aromatic N) is 4. The minimum Gasteiger partial charge on any atom is -0.509 e. The maximum absolute atomic E-state index is 6.86. The van der Waals surface area contributed by atoms with Crippen LogP contribution in [0.15, 0.2) is 158 Å². The van der Waals surface area contributed by atoms with Gasteiger partial charge < -0.3 is 19.1 Å². The van der Waals surface area contributed by atoms with E-state index in [9.17, 15) is 0 Å². The van der Waals surface area contributed by atoms with E-state index in [0.717, 1.165) is 50.1 Å². The summed E-state index contributed by atoms with van der Waals surface area (Å²) in [5.74, 6) is 2.05. The number of hydrogen-bond acceptors (Lipinski definition) is 4. The van der Waals surface area contributed by atoms with Crippen LogP contribution >= 0.6 is 0 Å². The second-order valence-electron chi connectivity index (χ2n) is 18.4. The van der Waals surface area contributed by atoms with Crippen molar-refractivity contribution < 1.29 is 25.8 Å². The standard InChI is InChI=1S/C55H51N4O.Pt/c1-53(2,3)41-20-15-21-44(31-41)57-28-29-58(37-57)45-32-43(55(7,8)40-18-13-10-14-19-40)33-47(35-45)60-46-23-24-48-49-30-39(38-16-11-9-12-17-38)22-25-50(49)59(51(48)36-46)52-34-42(26-27-56-52)54(4,5)6;/h9-34,37H,1-8H3;/q-3;. The molecule has 0 spiro atoms. The first-order valence-corrected chi connectivity index (χ1v) is 20.8. The van der Waals surface area contributed by atoms with Crippen LogP contribution in [0.2, 0.25) is 0 Å². The molecule has 9 rings (SSSR count). The molecule has 2 aromatic heterocycles. The average molecular weight is 979 g/mol. The molecule has 0 bridgehead atoms. The number of aromatic nitrogens is 2. The molecule has 3 heterocycles. The van der Waals surface area contributed by atoms with Gasteiger partial charge in [-0.15, -0.1) is 53.6 Å². The van der Waals surface area contributed by atoms with Gasteiger partial charge in [-0.3, -0.25) is 0 Å². The molecule has 310 valence electrons. The number of anilines is 2. The quantitative estimate of drug-likeness (QED) is 0.142. The van der Waals surface area contributed by atoms with Crippen molar-refractivity contribution >= 4 is 33.2 Å². The molecule has 1 aliphatic rings. The van der Waals surface area contributed by atoms with Gasteiger partial charge in [0.1, 0.15) is 5.82 Å². The smallest absolute Gasteiger partial charge is 0.135 e. The van der Waals surface area contributed by atoms with Crippen molar-refractivity contribution in [1.29, 1.82) is 0 Å². The molecule has 0 radical (unpaired) electrons. The molecule has 1 aliphatic heterocycles. The van der Waals surface area contributed by atoms with Crippen LogP contribution in [0, 0.1) is 18.8 Å². The third kappa shape index (κ3) is 8.29. The molecule has 5 nitrogen and oxygen atoms in total. The molecule has 0 N–H and O–H groups in total.